The second-order valence-corrected chi connectivity index (χ2v) is 5.79. The molecule has 0 aliphatic heterocycles. The Balaban J connectivity index is 2.91. The number of H-pyrrole nitrogens is 1. The normalized spacial score (nSPS) is 10.8. The maximum absolute atomic E-state index is 12.0. The molecule has 0 fully saturated rings. The third-order valence-electron chi connectivity index (χ3n) is 2.38. The molecule has 0 bridgehead atoms. The van der Waals surface area contributed by atoms with Crippen molar-refractivity contribution in [2.24, 2.45) is 0 Å². The van der Waals surface area contributed by atoms with E-state index in [1.54, 1.807) is 0 Å². The fraction of sp³-hybridized carbons (Fsp3) is 0. The van der Waals surface area contributed by atoms with Gasteiger partial charge in [0.2, 0.25) is 5.43 Å². The Kier molecular flexibility index (Phi) is 4.61. The maximum atomic E-state index is 12.0. The van der Waals surface area contributed by atoms with E-state index >= 15 is 0 Å². The number of halogens is 6. The Morgan fingerprint density at radius 1 is 0.737 bits per heavy atom. The molecule has 0 spiro atoms. The molecule has 0 saturated carbocycles. The smallest absolute Gasteiger partial charge is 0.208 e. The number of hydrogen-bond donors (Lipinski definition) is 1. The zero-order chi connectivity index (χ0) is 14.3. The average molecular weight is 378 g/mol. The molecular weight excluding hydrogens is 375 g/mol. The van der Waals surface area contributed by atoms with Crippen molar-refractivity contribution in [3.8, 4) is 11.1 Å². The third-order valence-corrected chi connectivity index (χ3v) is 4.94. The Hall–Kier alpha value is -0.0900. The van der Waals surface area contributed by atoms with E-state index in [0.29, 0.717) is 0 Å². The summed E-state index contributed by atoms with van der Waals surface area (Å²) in [7, 11) is 0. The highest BCUT2D eigenvalue weighted by Crippen LogP contribution is 2.47. The van der Waals surface area contributed by atoms with Gasteiger partial charge in [-0.05, 0) is 0 Å². The lowest BCUT2D eigenvalue weighted by Gasteiger charge is -2.12. The van der Waals surface area contributed by atoms with Gasteiger partial charge in [-0.1, -0.05) is 69.6 Å². The van der Waals surface area contributed by atoms with Crippen molar-refractivity contribution >= 4 is 69.6 Å². The molecule has 1 heterocycles. The monoisotopic (exact) mass is 375 g/mol. The first-order valence-corrected chi connectivity index (χ1v) is 7.01. The highest BCUT2D eigenvalue weighted by Gasteiger charge is 2.22. The van der Waals surface area contributed by atoms with Gasteiger partial charge in [0.1, 0.15) is 5.02 Å². The Morgan fingerprint density at radius 3 is 1.74 bits per heavy atom. The molecule has 100 valence electrons. The number of benzene rings is 1. The SMILES string of the molecule is O=c1c(Cl)c[nH]cc1-c1c(Cl)c(Cl)c(Cl)c(Cl)c1Cl. The maximum Gasteiger partial charge on any atom is 0.208 e. The molecule has 8 heteroatoms. The van der Waals surface area contributed by atoms with Crippen LogP contribution in [0.4, 0.5) is 0 Å². The zero-order valence-electron chi connectivity index (χ0n) is 8.83. The Bertz CT molecular complexity index is 695. The van der Waals surface area contributed by atoms with Crippen molar-refractivity contribution in [2.45, 2.75) is 0 Å². The number of aromatic nitrogens is 1. The van der Waals surface area contributed by atoms with E-state index in [0.717, 1.165) is 0 Å². The molecule has 0 atom stereocenters. The zero-order valence-corrected chi connectivity index (χ0v) is 13.4. The van der Waals surface area contributed by atoms with Crippen LogP contribution in [-0.4, -0.2) is 4.98 Å². The summed E-state index contributed by atoms with van der Waals surface area (Å²) in [6.07, 6.45) is 2.75. The highest BCUT2D eigenvalue weighted by atomic mass is 35.5. The van der Waals surface area contributed by atoms with Crippen molar-refractivity contribution in [1.29, 1.82) is 0 Å². The van der Waals surface area contributed by atoms with Crippen LogP contribution in [0, 0.1) is 0 Å². The molecule has 0 unspecified atom stereocenters. The van der Waals surface area contributed by atoms with Crippen molar-refractivity contribution in [3.05, 3.63) is 52.8 Å². The first-order chi connectivity index (χ1) is 8.86. The van der Waals surface area contributed by atoms with Gasteiger partial charge in [-0.15, -0.1) is 0 Å². The lowest BCUT2D eigenvalue weighted by atomic mass is 10.1. The van der Waals surface area contributed by atoms with E-state index in [4.69, 9.17) is 69.6 Å². The van der Waals surface area contributed by atoms with Gasteiger partial charge < -0.3 is 4.98 Å². The summed E-state index contributed by atoms with van der Waals surface area (Å²) in [5.74, 6) is 0. The third kappa shape index (κ3) is 2.58. The molecule has 2 aromatic rings. The van der Waals surface area contributed by atoms with E-state index in [1.807, 2.05) is 0 Å². The number of hydrogen-bond acceptors (Lipinski definition) is 1. The van der Waals surface area contributed by atoms with Gasteiger partial charge in [0.25, 0.3) is 0 Å². The van der Waals surface area contributed by atoms with Gasteiger partial charge in [-0.2, -0.15) is 0 Å². The fourth-order valence-electron chi connectivity index (χ4n) is 1.48. The largest absolute Gasteiger partial charge is 0.366 e. The van der Waals surface area contributed by atoms with Crippen LogP contribution in [0.1, 0.15) is 0 Å². The molecular formula is C11H3Cl6NO. The second kappa shape index (κ2) is 5.72. The van der Waals surface area contributed by atoms with Crippen molar-refractivity contribution in [2.75, 3.05) is 0 Å². The quantitative estimate of drug-likeness (QED) is 0.482. The summed E-state index contributed by atoms with van der Waals surface area (Å²) in [5, 5.41) is 0.134. The van der Waals surface area contributed by atoms with Gasteiger partial charge in [0.05, 0.1) is 25.1 Å². The van der Waals surface area contributed by atoms with E-state index in [-0.39, 0.29) is 41.3 Å². The van der Waals surface area contributed by atoms with E-state index < -0.39 is 5.43 Å². The second-order valence-electron chi connectivity index (χ2n) is 3.49. The summed E-state index contributed by atoms with van der Waals surface area (Å²) in [6.45, 7) is 0. The molecule has 0 amide bonds. The predicted octanol–water partition coefficient (Wildman–Crippen LogP) is 5.96. The van der Waals surface area contributed by atoms with Crippen LogP contribution in [0.15, 0.2) is 17.2 Å². The number of aromatic amines is 1. The highest BCUT2D eigenvalue weighted by molar-refractivity contribution is 6.56. The summed E-state index contributed by atoms with van der Waals surface area (Å²) in [4.78, 5) is 14.7. The lowest BCUT2D eigenvalue weighted by molar-refractivity contribution is 1.30. The summed E-state index contributed by atoms with van der Waals surface area (Å²) in [5.41, 5.74) is -0.104. The molecule has 2 rings (SSSR count). The van der Waals surface area contributed by atoms with E-state index in [1.165, 1.54) is 12.4 Å². The molecule has 2 nitrogen and oxygen atoms in total. The predicted molar refractivity (Wildman–Crippen MR) is 82.6 cm³/mol. The summed E-state index contributed by atoms with van der Waals surface area (Å²) < 4.78 is 0. The van der Waals surface area contributed by atoms with Crippen LogP contribution < -0.4 is 5.43 Å². The van der Waals surface area contributed by atoms with Gasteiger partial charge >= 0.3 is 0 Å². The Labute approximate surface area is 138 Å². The van der Waals surface area contributed by atoms with Gasteiger partial charge in [-0.25, -0.2) is 0 Å². The molecule has 19 heavy (non-hydrogen) atoms. The lowest BCUT2D eigenvalue weighted by Crippen LogP contribution is -2.06. The average Bonchev–Trinajstić information content (AvgIpc) is 2.39. The molecule has 0 saturated heterocycles. The van der Waals surface area contributed by atoms with Crippen molar-refractivity contribution in [3.63, 3.8) is 0 Å². The number of rotatable bonds is 1. The van der Waals surface area contributed by atoms with Crippen molar-refractivity contribution < 1.29 is 0 Å². The topological polar surface area (TPSA) is 32.9 Å². The minimum absolute atomic E-state index is 0.00757. The van der Waals surface area contributed by atoms with Crippen LogP contribution in [0.25, 0.3) is 11.1 Å². The first-order valence-electron chi connectivity index (χ1n) is 4.74. The van der Waals surface area contributed by atoms with Crippen LogP contribution in [0.2, 0.25) is 30.1 Å². The molecule has 0 aliphatic carbocycles. The summed E-state index contributed by atoms with van der Waals surface area (Å²) >= 11 is 35.7. The van der Waals surface area contributed by atoms with Crippen LogP contribution in [0.5, 0.6) is 0 Å². The van der Waals surface area contributed by atoms with Gasteiger partial charge in [0.15, 0.2) is 0 Å². The summed E-state index contributed by atoms with van der Waals surface area (Å²) in [6, 6.07) is 0. The van der Waals surface area contributed by atoms with Crippen LogP contribution in [0.3, 0.4) is 0 Å². The molecule has 1 aromatic heterocycles. The van der Waals surface area contributed by atoms with Gasteiger partial charge in [0, 0.05) is 23.5 Å². The molecule has 1 aromatic carbocycles. The minimum atomic E-state index is -0.446. The standard InChI is InChI=1S/C11H3Cl6NO/c12-4-2-18-1-3(11(4)19)5-6(13)8(15)10(17)9(16)7(5)14/h1-2H,(H,18,19). The minimum Gasteiger partial charge on any atom is -0.366 e. The van der Waals surface area contributed by atoms with E-state index in [2.05, 4.69) is 4.98 Å². The fourth-order valence-corrected chi connectivity index (χ4v) is 2.99. The molecule has 0 radical (unpaired) electrons. The van der Waals surface area contributed by atoms with Gasteiger partial charge in [-0.3, -0.25) is 4.79 Å². The first kappa shape index (κ1) is 15.3. The number of nitrogens with one attached hydrogen (secondary N) is 1. The van der Waals surface area contributed by atoms with Crippen molar-refractivity contribution in [1.82, 2.24) is 4.98 Å². The molecule has 1 N–H and O–H groups in total. The Morgan fingerprint density at radius 2 is 1.21 bits per heavy atom. The van der Waals surface area contributed by atoms with Crippen LogP contribution in [-0.2, 0) is 0 Å². The van der Waals surface area contributed by atoms with Crippen LogP contribution >= 0.6 is 69.6 Å². The van der Waals surface area contributed by atoms with E-state index in [9.17, 15) is 4.79 Å². The number of pyridine rings is 1. The molecule has 0 aliphatic rings.